The Labute approximate surface area is 200 Å². The minimum atomic E-state index is -4.57. The highest BCUT2D eigenvalue weighted by molar-refractivity contribution is 5.88. The van der Waals surface area contributed by atoms with Gasteiger partial charge in [-0.2, -0.15) is 13.2 Å². The van der Waals surface area contributed by atoms with Gasteiger partial charge in [-0.05, 0) is 43.5 Å². The third-order valence-electron chi connectivity index (χ3n) is 6.05. The van der Waals surface area contributed by atoms with E-state index in [1.807, 2.05) is 13.8 Å². The minimum absolute atomic E-state index is 0.174. The van der Waals surface area contributed by atoms with E-state index in [9.17, 15) is 17.6 Å². The molecule has 2 atom stereocenters. The van der Waals surface area contributed by atoms with Gasteiger partial charge in [0.25, 0.3) is 0 Å². The molecule has 2 unspecified atom stereocenters. The van der Waals surface area contributed by atoms with Gasteiger partial charge in [0.05, 0.1) is 31.0 Å². The number of halogens is 4. The Morgan fingerprint density at radius 3 is 2.41 bits per heavy atom. The number of methoxy groups -OCH3 is 1. The Bertz CT molecular complexity index is 837. The summed E-state index contributed by atoms with van der Waals surface area (Å²) in [5, 5.41) is 3.01. The fourth-order valence-corrected chi connectivity index (χ4v) is 3.92. The zero-order valence-corrected chi connectivity index (χ0v) is 20.7. The van der Waals surface area contributed by atoms with Crippen molar-refractivity contribution in [3.05, 3.63) is 34.9 Å². The zero-order chi connectivity index (χ0) is 25.1. The molecule has 0 saturated carbocycles. The highest BCUT2D eigenvalue weighted by Crippen LogP contribution is 2.39. The smallest absolute Gasteiger partial charge is 0.419 e. The first-order valence-electron chi connectivity index (χ1n) is 12.2. The third-order valence-corrected chi connectivity index (χ3v) is 6.05. The van der Waals surface area contributed by atoms with Crippen LogP contribution in [-0.2, 0) is 10.9 Å². The molecular formula is C26H38F4N2O2. The number of rotatable bonds is 12. The number of allylic oxidation sites excluding steroid dienone is 1. The summed E-state index contributed by atoms with van der Waals surface area (Å²) in [5.41, 5.74) is 0.701. The molecule has 1 aliphatic heterocycles. The van der Waals surface area contributed by atoms with Crippen LogP contribution in [0.3, 0.4) is 0 Å². The molecule has 34 heavy (non-hydrogen) atoms. The summed E-state index contributed by atoms with van der Waals surface area (Å²) in [6, 6.07) is 3.63. The second kappa shape index (κ2) is 13.7. The maximum absolute atomic E-state index is 13.9. The SMILES string of the molecule is CCCCCCCCOc1ccc(C(/N=C(\OC)C2CC(F)CN2)=C(/C)CC)cc1C(F)(F)F. The molecule has 0 aromatic heterocycles. The number of nitrogens with one attached hydrogen (secondary N) is 1. The highest BCUT2D eigenvalue weighted by Gasteiger charge is 2.35. The van der Waals surface area contributed by atoms with Gasteiger partial charge < -0.3 is 14.8 Å². The van der Waals surface area contributed by atoms with Gasteiger partial charge in [-0.3, -0.25) is 0 Å². The van der Waals surface area contributed by atoms with Gasteiger partial charge in [0, 0.05) is 18.5 Å². The topological polar surface area (TPSA) is 42.9 Å². The van der Waals surface area contributed by atoms with Crippen molar-refractivity contribution in [2.24, 2.45) is 4.99 Å². The Hall–Kier alpha value is -2.09. The monoisotopic (exact) mass is 486 g/mol. The van der Waals surface area contributed by atoms with Crippen molar-refractivity contribution in [3.8, 4) is 5.75 Å². The van der Waals surface area contributed by atoms with Crippen molar-refractivity contribution in [2.45, 2.75) is 90.5 Å². The zero-order valence-electron chi connectivity index (χ0n) is 20.7. The minimum Gasteiger partial charge on any atom is -0.493 e. The molecule has 1 N–H and O–H groups in total. The Balaban J connectivity index is 2.28. The Morgan fingerprint density at radius 2 is 1.82 bits per heavy atom. The fourth-order valence-electron chi connectivity index (χ4n) is 3.92. The molecule has 0 bridgehead atoms. The van der Waals surface area contributed by atoms with Crippen molar-refractivity contribution in [3.63, 3.8) is 0 Å². The second-order valence-corrected chi connectivity index (χ2v) is 8.76. The van der Waals surface area contributed by atoms with Crippen molar-refractivity contribution in [2.75, 3.05) is 20.3 Å². The molecule has 1 heterocycles. The lowest BCUT2D eigenvalue weighted by molar-refractivity contribution is -0.139. The van der Waals surface area contributed by atoms with Gasteiger partial charge in [0.1, 0.15) is 11.9 Å². The Morgan fingerprint density at radius 1 is 1.12 bits per heavy atom. The first kappa shape index (κ1) is 28.1. The van der Waals surface area contributed by atoms with Crippen molar-refractivity contribution in [1.29, 1.82) is 0 Å². The predicted molar refractivity (Wildman–Crippen MR) is 129 cm³/mol. The molecule has 4 nitrogen and oxygen atoms in total. The largest absolute Gasteiger partial charge is 0.493 e. The average molecular weight is 487 g/mol. The number of benzene rings is 1. The van der Waals surface area contributed by atoms with Crippen LogP contribution in [0.5, 0.6) is 5.75 Å². The first-order valence-corrected chi connectivity index (χ1v) is 12.2. The van der Waals surface area contributed by atoms with Crippen LogP contribution in [0.1, 0.15) is 83.3 Å². The predicted octanol–water partition coefficient (Wildman–Crippen LogP) is 7.33. The number of hydrogen-bond donors (Lipinski definition) is 1. The summed E-state index contributed by atoms with van der Waals surface area (Å²) in [6.45, 7) is 6.31. The summed E-state index contributed by atoms with van der Waals surface area (Å²) in [4.78, 5) is 4.55. The molecule has 8 heteroatoms. The summed E-state index contributed by atoms with van der Waals surface area (Å²) >= 11 is 0. The molecule has 0 aliphatic carbocycles. The number of ether oxygens (including phenoxy) is 2. The lowest BCUT2D eigenvalue weighted by atomic mass is 10.0. The van der Waals surface area contributed by atoms with Crippen LogP contribution in [0.25, 0.3) is 5.70 Å². The number of unbranched alkanes of at least 4 members (excludes halogenated alkanes) is 5. The summed E-state index contributed by atoms with van der Waals surface area (Å²) in [6.07, 6.45) is 1.40. The molecule has 1 fully saturated rings. The van der Waals surface area contributed by atoms with Crippen LogP contribution in [0.2, 0.25) is 0 Å². The van der Waals surface area contributed by atoms with Gasteiger partial charge >= 0.3 is 6.18 Å². The van der Waals surface area contributed by atoms with Crippen molar-refractivity contribution >= 4 is 11.6 Å². The molecular weight excluding hydrogens is 448 g/mol. The van der Waals surface area contributed by atoms with E-state index in [2.05, 4.69) is 17.2 Å². The number of aliphatic imine (C=N–C) groups is 1. The van der Waals surface area contributed by atoms with E-state index in [-0.39, 0.29) is 31.2 Å². The van der Waals surface area contributed by atoms with E-state index >= 15 is 0 Å². The molecule has 1 aromatic carbocycles. The summed E-state index contributed by atoms with van der Waals surface area (Å²) < 4.78 is 66.3. The van der Waals surface area contributed by atoms with E-state index in [4.69, 9.17) is 9.47 Å². The fraction of sp³-hybridized carbons (Fsp3) is 0.654. The Kier molecular flexibility index (Phi) is 11.4. The van der Waals surface area contributed by atoms with Gasteiger partial charge in [-0.15, -0.1) is 0 Å². The lowest BCUT2D eigenvalue weighted by Gasteiger charge is -2.18. The van der Waals surface area contributed by atoms with Gasteiger partial charge in [-0.1, -0.05) is 46.0 Å². The van der Waals surface area contributed by atoms with E-state index in [1.54, 1.807) is 6.07 Å². The van der Waals surface area contributed by atoms with Gasteiger partial charge in [0.15, 0.2) is 0 Å². The molecule has 1 saturated heterocycles. The van der Waals surface area contributed by atoms with E-state index < -0.39 is 24.0 Å². The van der Waals surface area contributed by atoms with E-state index in [0.29, 0.717) is 24.1 Å². The van der Waals surface area contributed by atoms with E-state index in [0.717, 1.165) is 37.3 Å². The normalized spacial score (nSPS) is 19.8. The highest BCUT2D eigenvalue weighted by atomic mass is 19.4. The van der Waals surface area contributed by atoms with Crippen LogP contribution < -0.4 is 10.1 Å². The molecule has 0 spiro atoms. The molecule has 0 radical (unpaired) electrons. The number of hydrogen-bond acceptors (Lipinski definition) is 4. The van der Waals surface area contributed by atoms with Crippen molar-refractivity contribution in [1.82, 2.24) is 5.32 Å². The van der Waals surface area contributed by atoms with Crippen LogP contribution in [0.4, 0.5) is 17.6 Å². The quantitative estimate of drug-likeness (QED) is 0.146. The maximum atomic E-state index is 13.9. The average Bonchev–Trinajstić information content (AvgIpc) is 3.24. The number of nitrogens with zero attached hydrogens (tertiary/aromatic N) is 1. The third kappa shape index (κ3) is 8.29. The van der Waals surface area contributed by atoms with Crippen LogP contribution in [0.15, 0.2) is 28.8 Å². The molecule has 1 aromatic rings. The molecule has 2 rings (SSSR count). The standard InChI is InChI=1S/C26H38F4N2O2/c1-5-7-8-9-10-11-14-34-23-13-12-19(15-21(23)26(28,29)30)24(18(3)6-2)32-25(33-4)22-16-20(27)17-31-22/h12-13,15,20,22,31H,5-11,14,16-17H2,1-4H3/b24-18+,32-25-. The van der Waals surface area contributed by atoms with Crippen LogP contribution in [-0.4, -0.2) is 38.4 Å². The number of alkyl halides is 4. The second-order valence-electron chi connectivity index (χ2n) is 8.76. The van der Waals surface area contributed by atoms with Gasteiger partial charge in [0.2, 0.25) is 5.90 Å². The molecule has 1 aliphatic rings. The molecule has 0 amide bonds. The van der Waals surface area contributed by atoms with Crippen molar-refractivity contribution < 1.29 is 27.0 Å². The first-order chi connectivity index (χ1) is 16.2. The lowest BCUT2D eigenvalue weighted by Crippen LogP contribution is -2.32. The van der Waals surface area contributed by atoms with Crippen LogP contribution in [0, 0.1) is 0 Å². The summed E-state index contributed by atoms with van der Waals surface area (Å²) in [7, 11) is 1.44. The van der Waals surface area contributed by atoms with Gasteiger partial charge in [-0.25, -0.2) is 9.38 Å². The maximum Gasteiger partial charge on any atom is 0.419 e. The summed E-state index contributed by atoms with van der Waals surface area (Å²) in [5.74, 6) is 0.0897. The molecule has 192 valence electrons. The van der Waals surface area contributed by atoms with E-state index in [1.165, 1.54) is 19.6 Å². The van der Waals surface area contributed by atoms with Crippen LogP contribution >= 0.6 is 0 Å².